The van der Waals surface area contributed by atoms with Crippen molar-refractivity contribution >= 4 is 18.0 Å². The first-order valence-corrected chi connectivity index (χ1v) is 11.2. The van der Waals surface area contributed by atoms with E-state index in [4.69, 9.17) is 9.47 Å². The largest absolute Gasteiger partial charge is 0.465 e. The lowest BCUT2D eigenvalue weighted by atomic mass is 9.95. The number of carbonyl (C=O) groups is 3. The average molecular weight is 471 g/mol. The molecule has 1 fully saturated rings. The van der Waals surface area contributed by atoms with Crippen LogP contribution in [-0.4, -0.2) is 63.9 Å². The number of aliphatic hydroxyl groups is 1. The number of hydrogen-bond acceptors (Lipinski definition) is 6. The van der Waals surface area contributed by atoms with Gasteiger partial charge in [-0.15, -0.1) is 0 Å². The number of carbonyl (C=O) groups excluding carboxylic acids is 2. The number of likely N-dealkylation sites (tertiary alicyclic amines) is 1. The van der Waals surface area contributed by atoms with Gasteiger partial charge in [0.05, 0.1) is 19.3 Å². The van der Waals surface area contributed by atoms with Gasteiger partial charge in [-0.05, 0) is 30.9 Å². The summed E-state index contributed by atoms with van der Waals surface area (Å²) in [7, 11) is 0. The monoisotopic (exact) mass is 470 g/mol. The number of nitrogens with zero attached hydrogens (tertiary/aromatic N) is 1. The number of benzene rings is 2. The van der Waals surface area contributed by atoms with Crippen LogP contribution < -0.4 is 5.32 Å². The summed E-state index contributed by atoms with van der Waals surface area (Å²) in [6.45, 7) is 1.26. The summed E-state index contributed by atoms with van der Waals surface area (Å²) in [4.78, 5) is 38.9. The number of aliphatic hydroxyl groups excluding tert-OH is 1. The highest BCUT2D eigenvalue weighted by Gasteiger charge is 2.51. The molecule has 34 heavy (non-hydrogen) atoms. The van der Waals surface area contributed by atoms with E-state index in [9.17, 15) is 24.6 Å². The quantitative estimate of drug-likeness (QED) is 0.455. The summed E-state index contributed by atoms with van der Waals surface area (Å²) in [5.41, 5.74) is -0.00151. The summed E-state index contributed by atoms with van der Waals surface area (Å²) >= 11 is 0. The third-order valence-electron chi connectivity index (χ3n) is 5.99. The lowest BCUT2D eigenvalue weighted by Gasteiger charge is -2.35. The molecule has 182 valence electrons. The van der Waals surface area contributed by atoms with E-state index in [0.717, 1.165) is 16.0 Å². The zero-order chi connectivity index (χ0) is 24.6. The molecule has 3 N–H and O–H groups in total. The molecular weight excluding hydrogens is 440 g/mol. The minimum absolute atomic E-state index is 0.00381. The zero-order valence-electron chi connectivity index (χ0n) is 19.1. The molecule has 1 aliphatic heterocycles. The Morgan fingerprint density at radius 1 is 1.03 bits per heavy atom. The second-order valence-corrected chi connectivity index (χ2v) is 8.27. The third kappa shape index (κ3) is 5.92. The molecule has 3 atom stereocenters. The van der Waals surface area contributed by atoms with Gasteiger partial charge >= 0.3 is 12.1 Å². The Kier molecular flexibility index (Phi) is 8.61. The molecule has 1 unspecified atom stereocenters. The highest BCUT2D eigenvalue weighted by Crippen LogP contribution is 2.30. The molecule has 0 aliphatic carbocycles. The highest BCUT2D eigenvalue weighted by atomic mass is 16.5. The molecule has 1 aliphatic rings. The smallest absolute Gasteiger partial charge is 0.408 e. The van der Waals surface area contributed by atoms with Gasteiger partial charge in [-0.1, -0.05) is 60.7 Å². The van der Waals surface area contributed by atoms with E-state index in [-0.39, 0.29) is 26.2 Å². The van der Waals surface area contributed by atoms with Crippen LogP contribution in [0.25, 0.3) is 0 Å². The molecule has 3 rings (SSSR count). The first kappa shape index (κ1) is 25.2. The maximum Gasteiger partial charge on any atom is 0.408 e. The van der Waals surface area contributed by atoms with Crippen molar-refractivity contribution in [3.63, 3.8) is 0 Å². The standard InChI is InChI=1S/C25H30N2O7/c1-18(33-15-19-9-4-2-5-10-19)21(22(29)34-16-20-11-6-3-7-12-20)26-23(30)25(17-28)13-8-14-27(25)24(31)32/h2-7,9-12,18,21,28H,8,13-17H2,1H3,(H,26,30)(H,31,32)/t18-,21+,25?/m1/s1. The molecule has 2 aromatic rings. The van der Waals surface area contributed by atoms with Crippen molar-refractivity contribution in [2.45, 2.75) is 50.7 Å². The summed E-state index contributed by atoms with van der Waals surface area (Å²) < 4.78 is 11.3. The van der Waals surface area contributed by atoms with Crippen molar-refractivity contribution in [2.24, 2.45) is 0 Å². The Balaban J connectivity index is 1.76. The summed E-state index contributed by atoms with van der Waals surface area (Å²) in [6.07, 6.45) is -1.53. The van der Waals surface area contributed by atoms with Crippen LogP contribution in [-0.2, 0) is 32.3 Å². The molecule has 2 amide bonds. The summed E-state index contributed by atoms with van der Waals surface area (Å²) in [6, 6.07) is 17.2. The van der Waals surface area contributed by atoms with E-state index in [2.05, 4.69) is 5.32 Å². The van der Waals surface area contributed by atoms with Crippen LogP contribution >= 0.6 is 0 Å². The van der Waals surface area contributed by atoms with Crippen molar-refractivity contribution in [3.8, 4) is 0 Å². The van der Waals surface area contributed by atoms with Crippen LogP contribution in [0, 0.1) is 0 Å². The highest BCUT2D eigenvalue weighted by molar-refractivity contribution is 5.93. The Hall–Kier alpha value is -3.43. The number of ether oxygens (including phenoxy) is 2. The summed E-state index contributed by atoms with van der Waals surface area (Å²) in [5.74, 6) is -1.47. The van der Waals surface area contributed by atoms with Crippen LogP contribution in [0.3, 0.4) is 0 Å². The SMILES string of the molecule is C[C@@H](OCc1ccccc1)[C@H](NC(=O)C1(CO)CCCN1C(=O)O)C(=O)OCc1ccccc1. The van der Waals surface area contributed by atoms with Gasteiger partial charge in [-0.2, -0.15) is 0 Å². The maximum atomic E-state index is 13.2. The fraction of sp³-hybridized carbons (Fsp3) is 0.400. The van der Waals surface area contributed by atoms with Crippen molar-refractivity contribution in [3.05, 3.63) is 71.8 Å². The molecule has 1 saturated heterocycles. The Bertz CT molecular complexity index is 970. The molecule has 0 saturated carbocycles. The molecular formula is C25H30N2O7. The molecule has 1 heterocycles. The van der Waals surface area contributed by atoms with Crippen molar-refractivity contribution in [2.75, 3.05) is 13.2 Å². The van der Waals surface area contributed by atoms with Gasteiger partial charge in [0, 0.05) is 6.54 Å². The number of esters is 1. The molecule has 9 heteroatoms. The van der Waals surface area contributed by atoms with Crippen LogP contribution in [0.5, 0.6) is 0 Å². The predicted molar refractivity (Wildman–Crippen MR) is 123 cm³/mol. The van der Waals surface area contributed by atoms with Gasteiger partial charge < -0.3 is 25.0 Å². The normalized spacial score (nSPS) is 19.3. The van der Waals surface area contributed by atoms with E-state index >= 15 is 0 Å². The third-order valence-corrected chi connectivity index (χ3v) is 5.99. The van der Waals surface area contributed by atoms with Gasteiger partial charge in [-0.3, -0.25) is 9.69 Å². The van der Waals surface area contributed by atoms with E-state index in [0.29, 0.717) is 6.42 Å². The molecule has 0 aromatic heterocycles. The molecule has 0 radical (unpaired) electrons. The van der Waals surface area contributed by atoms with Crippen LogP contribution in [0.2, 0.25) is 0 Å². The predicted octanol–water partition coefficient (Wildman–Crippen LogP) is 2.32. The van der Waals surface area contributed by atoms with Gasteiger partial charge in [0.15, 0.2) is 6.04 Å². The lowest BCUT2D eigenvalue weighted by Crippen LogP contribution is -2.63. The first-order chi connectivity index (χ1) is 16.4. The average Bonchev–Trinajstić information content (AvgIpc) is 3.31. The number of nitrogens with one attached hydrogen (secondary N) is 1. The zero-order valence-corrected chi connectivity index (χ0v) is 19.1. The molecule has 2 aromatic carbocycles. The fourth-order valence-corrected chi connectivity index (χ4v) is 3.99. The van der Waals surface area contributed by atoms with Gasteiger partial charge in [0.25, 0.3) is 0 Å². The topological polar surface area (TPSA) is 125 Å². The number of amides is 2. The number of hydrogen-bond donors (Lipinski definition) is 3. The van der Waals surface area contributed by atoms with Crippen LogP contribution in [0.4, 0.5) is 4.79 Å². The van der Waals surface area contributed by atoms with Gasteiger partial charge in [0.1, 0.15) is 12.1 Å². The number of carboxylic acid groups (broad SMARTS) is 1. The fourth-order valence-electron chi connectivity index (χ4n) is 3.99. The Morgan fingerprint density at radius 3 is 2.18 bits per heavy atom. The van der Waals surface area contributed by atoms with Gasteiger partial charge in [0.2, 0.25) is 5.91 Å². The molecule has 9 nitrogen and oxygen atoms in total. The van der Waals surface area contributed by atoms with E-state index < -0.39 is 42.3 Å². The maximum absolute atomic E-state index is 13.2. The van der Waals surface area contributed by atoms with Crippen molar-refractivity contribution < 1.29 is 34.1 Å². The van der Waals surface area contributed by atoms with E-state index in [1.54, 1.807) is 19.1 Å². The summed E-state index contributed by atoms with van der Waals surface area (Å²) in [5, 5.41) is 22.1. The molecule has 0 bridgehead atoms. The van der Waals surface area contributed by atoms with Crippen molar-refractivity contribution in [1.82, 2.24) is 10.2 Å². The Labute approximate surface area is 198 Å². The minimum Gasteiger partial charge on any atom is -0.465 e. The van der Waals surface area contributed by atoms with E-state index in [1.165, 1.54) is 0 Å². The van der Waals surface area contributed by atoms with Crippen LogP contribution in [0.15, 0.2) is 60.7 Å². The second-order valence-electron chi connectivity index (χ2n) is 8.27. The first-order valence-electron chi connectivity index (χ1n) is 11.2. The van der Waals surface area contributed by atoms with Gasteiger partial charge in [-0.25, -0.2) is 9.59 Å². The minimum atomic E-state index is -1.66. The lowest BCUT2D eigenvalue weighted by molar-refractivity contribution is -0.155. The second kappa shape index (κ2) is 11.6. The van der Waals surface area contributed by atoms with Crippen molar-refractivity contribution in [1.29, 1.82) is 0 Å². The van der Waals surface area contributed by atoms with E-state index in [1.807, 2.05) is 48.5 Å². The number of rotatable bonds is 10. The molecule has 0 spiro atoms. The van der Waals surface area contributed by atoms with Crippen LogP contribution in [0.1, 0.15) is 30.9 Å². The Morgan fingerprint density at radius 2 is 1.62 bits per heavy atom.